The molecule has 3 N–H and O–H groups in total. The smallest absolute Gasteiger partial charge is 0.170 e. The van der Waals surface area contributed by atoms with Gasteiger partial charge in [0.1, 0.15) is 10.8 Å². The van der Waals surface area contributed by atoms with E-state index < -0.39 is 0 Å². The highest BCUT2D eigenvalue weighted by Crippen LogP contribution is 2.43. The molecule has 1 aliphatic heterocycles. The number of rotatable bonds is 8. The highest BCUT2D eigenvalue weighted by atomic mass is 32.2. The van der Waals surface area contributed by atoms with Gasteiger partial charge in [-0.2, -0.15) is 0 Å². The van der Waals surface area contributed by atoms with Crippen molar-refractivity contribution < 1.29 is 29.6 Å². The lowest BCUT2D eigenvalue weighted by molar-refractivity contribution is -0.115. The number of carbonyl (C=O) groups excluding carboxylic acids is 1. The van der Waals surface area contributed by atoms with Crippen molar-refractivity contribution in [1.82, 2.24) is 0 Å². The van der Waals surface area contributed by atoms with Gasteiger partial charge in [-0.3, -0.25) is 9.79 Å². The summed E-state index contributed by atoms with van der Waals surface area (Å²) in [5.41, 5.74) is 2.80. The zero-order chi connectivity index (χ0) is 27.1. The van der Waals surface area contributed by atoms with Crippen LogP contribution in [0.25, 0.3) is 6.08 Å². The topological polar surface area (TPSA) is 109 Å². The van der Waals surface area contributed by atoms with Gasteiger partial charge in [0.05, 0.1) is 19.8 Å². The Balaban J connectivity index is 1.65. The van der Waals surface area contributed by atoms with Crippen molar-refractivity contribution in [1.29, 1.82) is 0 Å². The van der Waals surface area contributed by atoms with Crippen molar-refractivity contribution in [2.24, 2.45) is 4.99 Å². The van der Waals surface area contributed by atoms with Crippen LogP contribution in [0, 0.1) is 0 Å². The Morgan fingerprint density at radius 1 is 1.00 bits per heavy atom. The number of aliphatic hydroxyl groups is 1. The van der Waals surface area contributed by atoms with Crippen LogP contribution < -0.4 is 9.47 Å². The number of aliphatic imine (C=N–C) groups is 1. The van der Waals surface area contributed by atoms with Crippen LogP contribution >= 0.6 is 11.8 Å². The van der Waals surface area contributed by atoms with Crippen LogP contribution in [0.4, 0.5) is 0 Å². The first kappa shape index (κ1) is 26.9. The summed E-state index contributed by atoms with van der Waals surface area (Å²) in [6.07, 6.45) is 3.93. The van der Waals surface area contributed by atoms with E-state index in [0.717, 1.165) is 11.1 Å². The number of benzene rings is 3. The summed E-state index contributed by atoms with van der Waals surface area (Å²) in [5, 5.41) is 31.0. The molecular formula is C30H29NO6S. The SMILES string of the molecule is COc1cc(/C=C/C(O)=C2\C(=O)CC(c3ccc(O)c(OC)c3)SC2=NCCc2ccccc2)ccc1O. The molecule has 0 amide bonds. The summed E-state index contributed by atoms with van der Waals surface area (Å²) in [7, 11) is 2.93. The predicted octanol–water partition coefficient (Wildman–Crippen LogP) is 6.03. The third kappa shape index (κ3) is 6.39. The molecule has 196 valence electrons. The Bertz CT molecular complexity index is 1400. The molecule has 8 heteroatoms. The summed E-state index contributed by atoms with van der Waals surface area (Å²) in [6, 6.07) is 19.8. The van der Waals surface area contributed by atoms with E-state index in [0.29, 0.717) is 35.1 Å². The maximum Gasteiger partial charge on any atom is 0.170 e. The molecule has 38 heavy (non-hydrogen) atoms. The van der Waals surface area contributed by atoms with Crippen molar-refractivity contribution in [2.75, 3.05) is 20.8 Å². The number of phenolic OH excluding ortho intramolecular Hbond substituents is 2. The molecule has 0 spiro atoms. The van der Waals surface area contributed by atoms with Crippen molar-refractivity contribution in [3.8, 4) is 23.0 Å². The second-order valence-electron chi connectivity index (χ2n) is 8.61. The molecular weight excluding hydrogens is 502 g/mol. The lowest BCUT2D eigenvalue weighted by Gasteiger charge is -2.25. The van der Waals surface area contributed by atoms with Crippen LogP contribution in [0.3, 0.4) is 0 Å². The summed E-state index contributed by atoms with van der Waals surface area (Å²) in [5.74, 6) is 0.248. The quantitative estimate of drug-likeness (QED) is 0.241. The van der Waals surface area contributed by atoms with E-state index >= 15 is 0 Å². The van der Waals surface area contributed by atoms with Gasteiger partial charge < -0.3 is 24.8 Å². The zero-order valence-electron chi connectivity index (χ0n) is 21.1. The molecule has 3 aromatic rings. The molecule has 4 rings (SSSR count). The van der Waals surface area contributed by atoms with Crippen LogP contribution in [-0.4, -0.2) is 46.9 Å². The van der Waals surface area contributed by atoms with Crippen LogP contribution in [0.2, 0.25) is 0 Å². The van der Waals surface area contributed by atoms with Gasteiger partial charge in [-0.1, -0.05) is 60.3 Å². The number of phenols is 2. The molecule has 0 aliphatic carbocycles. The van der Waals surface area contributed by atoms with Crippen LogP contribution in [0.5, 0.6) is 23.0 Å². The highest BCUT2D eigenvalue weighted by Gasteiger charge is 2.33. The fourth-order valence-corrected chi connectivity index (χ4v) is 5.35. The average molecular weight is 532 g/mol. The minimum Gasteiger partial charge on any atom is -0.507 e. The Morgan fingerprint density at radius 3 is 2.39 bits per heavy atom. The number of thioether (sulfide) groups is 1. The number of Topliss-reactive ketones (excluding diaryl/α,β-unsaturated/α-hetero) is 1. The largest absolute Gasteiger partial charge is 0.507 e. The maximum absolute atomic E-state index is 13.4. The Labute approximate surface area is 225 Å². The molecule has 0 bridgehead atoms. The van der Waals surface area contributed by atoms with Crippen LogP contribution in [0.1, 0.15) is 28.4 Å². The molecule has 7 nitrogen and oxygen atoms in total. The third-order valence-corrected chi connectivity index (χ3v) is 7.37. The summed E-state index contributed by atoms with van der Waals surface area (Å²) >= 11 is 1.40. The third-order valence-electron chi connectivity index (χ3n) is 6.09. The van der Waals surface area contributed by atoms with E-state index in [4.69, 9.17) is 14.5 Å². The molecule has 1 unspecified atom stereocenters. The van der Waals surface area contributed by atoms with Gasteiger partial charge in [-0.05, 0) is 53.5 Å². The Morgan fingerprint density at radius 2 is 1.68 bits per heavy atom. The minimum atomic E-state index is -0.255. The van der Waals surface area contributed by atoms with E-state index in [-0.39, 0.29) is 40.3 Å². The van der Waals surface area contributed by atoms with Gasteiger partial charge in [-0.25, -0.2) is 0 Å². The monoisotopic (exact) mass is 531 g/mol. The Hall–Kier alpha value is -4.17. The number of allylic oxidation sites excluding steroid dienone is 1. The molecule has 1 fully saturated rings. The van der Waals surface area contributed by atoms with Crippen molar-refractivity contribution in [2.45, 2.75) is 18.1 Å². The van der Waals surface area contributed by atoms with Gasteiger partial charge in [0.25, 0.3) is 0 Å². The number of hydrogen-bond donors (Lipinski definition) is 3. The molecule has 1 aliphatic rings. The van der Waals surface area contributed by atoms with Crippen molar-refractivity contribution >= 4 is 28.7 Å². The molecule has 0 radical (unpaired) electrons. The fraction of sp³-hybridized carbons (Fsp3) is 0.200. The van der Waals surface area contributed by atoms with Gasteiger partial charge in [0.15, 0.2) is 28.8 Å². The molecule has 0 aromatic heterocycles. The predicted molar refractivity (Wildman–Crippen MR) is 150 cm³/mol. The van der Waals surface area contributed by atoms with Crippen LogP contribution in [0.15, 0.2) is 89.1 Å². The van der Waals surface area contributed by atoms with Crippen LogP contribution in [-0.2, 0) is 11.2 Å². The lowest BCUT2D eigenvalue weighted by atomic mass is 10.00. The standard InChI is InChI=1S/C30H29NO6S/c1-36-26-16-20(8-11-22(26)32)9-12-24(34)29-25(35)18-28(21-10-13-23(33)27(17-21)37-2)38-30(29)31-15-14-19-6-4-3-5-7-19/h3-13,16-17,28,32-34H,14-15,18H2,1-2H3/b12-9+,29-24-,31-30?. The van der Waals surface area contributed by atoms with Crippen molar-refractivity contribution in [3.63, 3.8) is 0 Å². The lowest BCUT2D eigenvalue weighted by Crippen LogP contribution is -2.22. The fourth-order valence-electron chi connectivity index (χ4n) is 4.06. The number of carbonyl (C=O) groups is 1. The second kappa shape index (κ2) is 12.4. The summed E-state index contributed by atoms with van der Waals surface area (Å²) < 4.78 is 10.4. The van der Waals surface area contributed by atoms with Gasteiger partial charge >= 0.3 is 0 Å². The van der Waals surface area contributed by atoms with E-state index in [1.54, 1.807) is 36.4 Å². The number of methoxy groups -OCH3 is 2. The normalized spacial score (nSPS) is 18.1. The molecule has 1 heterocycles. The van der Waals surface area contributed by atoms with Gasteiger partial charge in [0.2, 0.25) is 0 Å². The Kier molecular flexibility index (Phi) is 8.76. The van der Waals surface area contributed by atoms with E-state index in [1.165, 1.54) is 38.1 Å². The van der Waals surface area contributed by atoms with Gasteiger partial charge in [0, 0.05) is 18.2 Å². The first-order valence-corrected chi connectivity index (χ1v) is 12.9. The first-order valence-electron chi connectivity index (χ1n) is 12.0. The maximum atomic E-state index is 13.4. The number of ether oxygens (including phenoxy) is 2. The molecule has 1 atom stereocenters. The number of aromatic hydroxyl groups is 2. The zero-order valence-corrected chi connectivity index (χ0v) is 21.9. The minimum absolute atomic E-state index is 0.0100. The molecule has 1 saturated heterocycles. The summed E-state index contributed by atoms with van der Waals surface area (Å²) in [4.78, 5) is 18.1. The molecule has 3 aromatic carbocycles. The van der Waals surface area contributed by atoms with E-state index in [1.807, 2.05) is 30.3 Å². The highest BCUT2D eigenvalue weighted by molar-refractivity contribution is 8.14. The number of ketones is 1. The van der Waals surface area contributed by atoms with Crippen molar-refractivity contribution in [3.05, 3.63) is 101 Å². The number of nitrogens with zero attached hydrogens (tertiary/aromatic N) is 1. The summed E-state index contributed by atoms with van der Waals surface area (Å²) in [6.45, 7) is 0.445. The van der Waals surface area contributed by atoms with Gasteiger partial charge in [-0.15, -0.1) is 0 Å². The van der Waals surface area contributed by atoms with E-state index in [2.05, 4.69) is 0 Å². The number of hydrogen-bond acceptors (Lipinski definition) is 8. The second-order valence-corrected chi connectivity index (χ2v) is 9.80. The number of aliphatic hydroxyl groups excluding tert-OH is 1. The average Bonchev–Trinajstić information content (AvgIpc) is 2.93. The first-order chi connectivity index (χ1) is 18.4. The van der Waals surface area contributed by atoms with E-state index in [9.17, 15) is 20.1 Å². The molecule has 0 saturated carbocycles.